The van der Waals surface area contributed by atoms with Crippen molar-refractivity contribution in [3.05, 3.63) is 65.9 Å². The molecule has 3 aromatic rings. The lowest BCUT2D eigenvalue weighted by Crippen LogP contribution is -2.46. The van der Waals surface area contributed by atoms with Crippen LogP contribution in [0.5, 0.6) is 11.5 Å². The summed E-state index contributed by atoms with van der Waals surface area (Å²) in [5.41, 5.74) is 9.10. The molecular formula is C29H36N6O2. The fourth-order valence-corrected chi connectivity index (χ4v) is 5.51. The summed E-state index contributed by atoms with van der Waals surface area (Å²) in [6.45, 7) is 0. The molecule has 0 bridgehead atoms. The Morgan fingerprint density at radius 1 is 0.946 bits per heavy atom. The van der Waals surface area contributed by atoms with Gasteiger partial charge in [-0.05, 0) is 75.6 Å². The van der Waals surface area contributed by atoms with Crippen molar-refractivity contribution in [2.45, 2.75) is 63.5 Å². The molecule has 0 aliphatic heterocycles. The van der Waals surface area contributed by atoms with Gasteiger partial charge in [0, 0.05) is 43.5 Å². The van der Waals surface area contributed by atoms with Crippen LogP contribution in [-0.4, -0.2) is 42.2 Å². The number of aryl methyl sites for hydroxylation is 1. The van der Waals surface area contributed by atoms with Gasteiger partial charge in [-0.25, -0.2) is 9.78 Å². The van der Waals surface area contributed by atoms with E-state index >= 15 is 0 Å². The molecule has 194 valence electrons. The normalized spacial score (nSPS) is 19.0. The molecule has 2 aromatic carbocycles. The van der Waals surface area contributed by atoms with Crippen molar-refractivity contribution in [3.63, 3.8) is 0 Å². The Balaban J connectivity index is 1.26. The van der Waals surface area contributed by atoms with Crippen molar-refractivity contribution >= 4 is 23.5 Å². The minimum Gasteiger partial charge on any atom is -0.457 e. The Kier molecular flexibility index (Phi) is 7.44. The first-order valence-electron chi connectivity index (χ1n) is 13.2. The van der Waals surface area contributed by atoms with E-state index in [9.17, 15) is 4.79 Å². The van der Waals surface area contributed by atoms with Crippen LogP contribution in [0.15, 0.2) is 54.6 Å². The number of nitrogens with one attached hydrogen (secondary N) is 1. The molecule has 5 rings (SSSR count). The number of nitrogens with two attached hydrogens (primary N) is 1. The molecule has 8 nitrogen and oxygen atoms in total. The molecule has 0 atom stereocenters. The molecule has 2 aliphatic carbocycles. The maximum absolute atomic E-state index is 12.5. The van der Waals surface area contributed by atoms with Gasteiger partial charge < -0.3 is 20.7 Å². The predicted molar refractivity (Wildman–Crippen MR) is 148 cm³/mol. The highest BCUT2D eigenvalue weighted by Crippen LogP contribution is 2.33. The number of para-hydroxylation sites is 1. The zero-order chi connectivity index (χ0) is 25.8. The van der Waals surface area contributed by atoms with Crippen molar-refractivity contribution in [1.29, 1.82) is 0 Å². The van der Waals surface area contributed by atoms with Crippen LogP contribution >= 0.6 is 0 Å². The third-order valence-corrected chi connectivity index (χ3v) is 7.29. The standard InChI is InChI=1S/C29H36N6O2/c1-34(2)27-25-13-6-7-14-26(25)32-29(33-27)31-20-15-17-21(18-16-20)35(28(30)36)22-9-8-12-24(19-22)37-23-10-4-3-5-11-23/h3-5,8-12,19-21H,6-7,13-18H2,1-2H3,(H2,30,36)(H,31,32,33). The van der Waals surface area contributed by atoms with E-state index in [0.717, 1.165) is 55.8 Å². The number of carbonyl (C=O) groups is 1. The number of anilines is 3. The summed E-state index contributed by atoms with van der Waals surface area (Å²) in [4.78, 5) is 26.1. The average molecular weight is 501 g/mol. The first-order valence-corrected chi connectivity index (χ1v) is 13.2. The van der Waals surface area contributed by atoms with Crippen molar-refractivity contribution in [2.75, 3.05) is 29.2 Å². The first kappa shape index (κ1) is 24.9. The van der Waals surface area contributed by atoms with E-state index < -0.39 is 6.03 Å². The molecule has 3 N–H and O–H groups in total. The second-order valence-electron chi connectivity index (χ2n) is 10.2. The molecule has 0 saturated heterocycles. The fourth-order valence-electron chi connectivity index (χ4n) is 5.51. The highest BCUT2D eigenvalue weighted by molar-refractivity contribution is 5.91. The zero-order valence-corrected chi connectivity index (χ0v) is 21.7. The van der Waals surface area contributed by atoms with E-state index in [0.29, 0.717) is 11.7 Å². The summed E-state index contributed by atoms with van der Waals surface area (Å²) < 4.78 is 5.98. The van der Waals surface area contributed by atoms with Gasteiger partial charge in [-0.3, -0.25) is 4.90 Å². The second-order valence-corrected chi connectivity index (χ2v) is 10.2. The Hall–Kier alpha value is -3.81. The SMILES string of the molecule is CN(C)c1nc(NC2CCC(N(C(N)=O)c3cccc(Oc4ccccc4)c3)CC2)nc2c1CCCC2. The molecule has 0 unspecified atom stereocenters. The van der Waals surface area contributed by atoms with E-state index in [4.69, 9.17) is 20.4 Å². The van der Waals surface area contributed by atoms with Gasteiger partial charge in [0.2, 0.25) is 5.95 Å². The number of benzene rings is 2. The molecule has 0 spiro atoms. The number of ether oxygens (including phenoxy) is 1. The van der Waals surface area contributed by atoms with Crippen LogP contribution in [0.4, 0.5) is 22.2 Å². The molecular weight excluding hydrogens is 464 g/mol. The Morgan fingerprint density at radius 3 is 2.41 bits per heavy atom. The zero-order valence-electron chi connectivity index (χ0n) is 21.7. The van der Waals surface area contributed by atoms with E-state index in [1.54, 1.807) is 4.90 Å². The molecule has 1 heterocycles. The summed E-state index contributed by atoms with van der Waals surface area (Å²) in [5, 5.41) is 3.59. The van der Waals surface area contributed by atoms with Crippen LogP contribution in [0.25, 0.3) is 0 Å². The number of hydrogen-bond donors (Lipinski definition) is 2. The number of nitrogens with zero attached hydrogens (tertiary/aromatic N) is 4. The quantitative estimate of drug-likeness (QED) is 0.443. The average Bonchev–Trinajstić information content (AvgIpc) is 2.90. The van der Waals surface area contributed by atoms with E-state index in [1.807, 2.05) is 68.7 Å². The van der Waals surface area contributed by atoms with Gasteiger partial charge in [-0.1, -0.05) is 24.3 Å². The van der Waals surface area contributed by atoms with Gasteiger partial charge in [-0.15, -0.1) is 0 Å². The van der Waals surface area contributed by atoms with Gasteiger partial charge in [0.05, 0.1) is 5.69 Å². The Morgan fingerprint density at radius 2 is 1.68 bits per heavy atom. The number of fused-ring (bicyclic) bond motifs is 1. The molecule has 37 heavy (non-hydrogen) atoms. The summed E-state index contributed by atoms with van der Waals surface area (Å²) >= 11 is 0. The predicted octanol–water partition coefficient (Wildman–Crippen LogP) is 5.52. The lowest BCUT2D eigenvalue weighted by atomic mass is 9.90. The highest BCUT2D eigenvalue weighted by atomic mass is 16.5. The smallest absolute Gasteiger partial charge is 0.319 e. The van der Waals surface area contributed by atoms with Gasteiger partial charge >= 0.3 is 6.03 Å². The second kappa shape index (κ2) is 11.1. The number of primary amides is 1. The third-order valence-electron chi connectivity index (χ3n) is 7.29. The van der Waals surface area contributed by atoms with E-state index in [-0.39, 0.29) is 12.1 Å². The van der Waals surface area contributed by atoms with Crippen LogP contribution in [-0.2, 0) is 12.8 Å². The minimum absolute atomic E-state index is 0.0318. The molecule has 1 fully saturated rings. The van der Waals surface area contributed by atoms with Crippen molar-refractivity contribution in [3.8, 4) is 11.5 Å². The van der Waals surface area contributed by atoms with Crippen LogP contribution < -0.4 is 25.6 Å². The van der Waals surface area contributed by atoms with Crippen molar-refractivity contribution in [1.82, 2.24) is 9.97 Å². The number of amides is 2. The maximum Gasteiger partial charge on any atom is 0.319 e. The summed E-state index contributed by atoms with van der Waals surface area (Å²) in [7, 11) is 4.09. The highest BCUT2D eigenvalue weighted by Gasteiger charge is 2.30. The number of rotatable bonds is 7. The van der Waals surface area contributed by atoms with Crippen LogP contribution in [0, 0.1) is 0 Å². The monoisotopic (exact) mass is 500 g/mol. The molecule has 0 radical (unpaired) electrons. The molecule has 1 aromatic heterocycles. The van der Waals surface area contributed by atoms with E-state index in [2.05, 4.69) is 10.2 Å². The summed E-state index contributed by atoms with van der Waals surface area (Å²) in [5.74, 6) is 3.16. The largest absolute Gasteiger partial charge is 0.457 e. The number of urea groups is 1. The van der Waals surface area contributed by atoms with Gasteiger partial charge in [0.15, 0.2) is 0 Å². The van der Waals surface area contributed by atoms with Gasteiger partial charge in [0.25, 0.3) is 0 Å². The summed E-state index contributed by atoms with van der Waals surface area (Å²) in [6, 6.07) is 17.0. The van der Waals surface area contributed by atoms with Crippen LogP contribution in [0.3, 0.4) is 0 Å². The van der Waals surface area contributed by atoms with Crippen molar-refractivity contribution in [2.24, 2.45) is 5.73 Å². The lowest BCUT2D eigenvalue weighted by molar-refractivity contribution is 0.248. The van der Waals surface area contributed by atoms with Gasteiger partial charge in [0.1, 0.15) is 17.3 Å². The van der Waals surface area contributed by atoms with E-state index in [1.165, 1.54) is 24.1 Å². The molecule has 8 heteroatoms. The summed E-state index contributed by atoms with van der Waals surface area (Å²) in [6.07, 6.45) is 7.95. The topological polar surface area (TPSA) is 96.6 Å². The number of hydrogen-bond acceptors (Lipinski definition) is 6. The Labute approximate surface area is 218 Å². The van der Waals surface area contributed by atoms with Crippen LogP contribution in [0.1, 0.15) is 49.8 Å². The molecule has 2 aliphatic rings. The lowest BCUT2D eigenvalue weighted by Gasteiger charge is -2.36. The third kappa shape index (κ3) is 5.79. The Bertz CT molecular complexity index is 1220. The van der Waals surface area contributed by atoms with Crippen LogP contribution in [0.2, 0.25) is 0 Å². The maximum atomic E-state index is 12.5. The molecule has 1 saturated carbocycles. The van der Waals surface area contributed by atoms with Crippen molar-refractivity contribution < 1.29 is 9.53 Å². The van der Waals surface area contributed by atoms with Gasteiger partial charge in [-0.2, -0.15) is 4.98 Å². The molecule has 2 amide bonds. The fraction of sp³-hybridized carbons (Fsp3) is 0.414. The first-order chi connectivity index (χ1) is 18.0. The minimum atomic E-state index is -0.443. The number of carbonyl (C=O) groups excluding carboxylic acids is 1. The number of aromatic nitrogens is 2.